The van der Waals surface area contributed by atoms with Gasteiger partial charge in [0.25, 0.3) is 0 Å². The summed E-state index contributed by atoms with van der Waals surface area (Å²) in [5.41, 5.74) is 0.740. The molecule has 3 rings (SSSR count). The van der Waals surface area contributed by atoms with Gasteiger partial charge in [0.05, 0.1) is 17.8 Å². The summed E-state index contributed by atoms with van der Waals surface area (Å²) in [5.74, 6) is -1.08. The fraction of sp³-hybridized carbons (Fsp3) is 0.259. The molecule has 0 aliphatic rings. The van der Waals surface area contributed by atoms with Crippen LogP contribution in [-0.4, -0.2) is 45.7 Å². The molecule has 0 aliphatic heterocycles. The molecule has 214 valence electrons. The van der Waals surface area contributed by atoms with Gasteiger partial charge in [-0.1, -0.05) is 30.3 Å². The first kappa shape index (κ1) is 30.3. The Labute approximate surface area is 228 Å². The van der Waals surface area contributed by atoms with E-state index in [-0.39, 0.29) is 35.8 Å². The predicted molar refractivity (Wildman–Crippen MR) is 136 cm³/mol. The van der Waals surface area contributed by atoms with Crippen molar-refractivity contribution in [3.05, 3.63) is 84.4 Å². The van der Waals surface area contributed by atoms with Gasteiger partial charge < -0.3 is 24.3 Å². The number of sulfone groups is 1. The Morgan fingerprint density at radius 2 is 1.45 bits per heavy atom. The molecule has 1 amide bonds. The number of methoxy groups -OCH3 is 1. The van der Waals surface area contributed by atoms with E-state index >= 15 is 0 Å². The topological polar surface area (TPSA) is 117 Å². The van der Waals surface area contributed by atoms with Crippen molar-refractivity contribution in [1.29, 1.82) is 0 Å². The van der Waals surface area contributed by atoms with Gasteiger partial charge in [0.15, 0.2) is 9.84 Å². The predicted octanol–water partition coefficient (Wildman–Crippen LogP) is 5.40. The fourth-order valence-corrected chi connectivity index (χ4v) is 4.97. The van der Waals surface area contributed by atoms with Gasteiger partial charge in [-0.3, -0.25) is 4.79 Å². The summed E-state index contributed by atoms with van der Waals surface area (Å²) in [5, 5.41) is 2.50. The molecule has 9 nitrogen and oxygen atoms in total. The largest absolute Gasteiger partial charge is 0.573 e. The number of hydrogen-bond donors (Lipinski definition) is 1. The number of carbonyl (C=O) groups excluding carboxylic acids is 2. The van der Waals surface area contributed by atoms with Crippen molar-refractivity contribution in [3.63, 3.8) is 0 Å². The number of alkyl carbamates (subject to hydrolysis) is 1. The van der Waals surface area contributed by atoms with E-state index in [0.29, 0.717) is 0 Å². The molecule has 3 aromatic rings. The quantitative estimate of drug-likeness (QED) is 0.283. The van der Waals surface area contributed by atoms with E-state index in [2.05, 4.69) is 14.8 Å². The molecule has 0 aliphatic carbocycles. The summed E-state index contributed by atoms with van der Waals surface area (Å²) in [4.78, 5) is 23.9. The monoisotopic (exact) mass is 581 g/mol. The van der Waals surface area contributed by atoms with E-state index in [1.165, 1.54) is 43.5 Å². The van der Waals surface area contributed by atoms with Crippen molar-refractivity contribution in [2.24, 2.45) is 0 Å². The Morgan fingerprint density at radius 1 is 0.875 bits per heavy atom. The Balaban J connectivity index is 1.63. The first-order chi connectivity index (χ1) is 18.9. The van der Waals surface area contributed by atoms with Crippen molar-refractivity contribution in [3.8, 4) is 17.2 Å². The molecule has 0 bridgehead atoms. The number of halogens is 3. The number of esters is 1. The summed E-state index contributed by atoms with van der Waals surface area (Å²) >= 11 is 0. The van der Waals surface area contributed by atoms with E-state index < -0.39 is 45.8 Å². The van der Waals surface area contributed by atoms with Crippen LogP contribution in [0.3, 0.4) is 0 Å². The van der Waals surface area contributed by atoms with Gasteiger partial charge >= 0.3 is 18.4 Å². The van der Waals surface area contributed by atoms with Gasteiger partial charge in [-0.05, 0) is 60.5 Å². The molecular weight excluding hydrogens is 555 g/mol. The molecule has 0 saturated heterocycles. The average Bonchev–Trinajstić information content (AvgIpc) is 2.91. The van der Waals surface area contributed by atoms with E-state index in [0.717, 1.165) is 17.7 Å². The third-order valence-corrected chi connectivity index (χ3v) is 7.19. The minimum atomic E-state index is -4.82. The molecule has 0 unspecified atom stereocenters. The first-order valence-corrected chi connectivity index (χ1v) is 13.5. The fourth-order valence-electron chi connectivity index (χ4n) is 3.44. The summed E-state index contributed by atoms with van der Waals surface area (Å²) < 4.78 is 82.2. The maximum atomic E-state index is 13.1. The van der Waals surface area contributed by atoms with Crippen LogP contribution in [0.1, 0.15) is 18.4 Å². The Morgan fingerprint density at radius 3 is 2.02 bits per heavy atom. The zero-order valence-corrected chi connectivity index (χ0v) is 22.0. The number of carbonyl (C=O) groups is 2. The molecule has 0 fully saturated rings. The molecule has 0 aromatic heterocycles. The zero-order valence-electron chi connectivity index (χ0n) is 21.2. The van der Waals surface area contributed by atoms with Crippen LogP contribution < -0.4 is 14.8 Å². The molecule has 0 heterocycles. The Bertz CT molecular complexity index is 1360. The van der Waals surface area contributed by atoms with Gasteiger partial charge in [0.2, 0.25) is 0 Å². The smallest absolute Gasteiger partial charge is 0.469 e. The van der Waals surface area contributed by atoms with Crippen molar-refractivity contribution < 1.29 is 50.1 Å². The second-order valence-corrected chi connectivity index (χ2v) is 10.4. The number of ether oxygens (including phenoxy) is 4. The Hall–Kier alpha value is -4.26. The molecule has 1 atom stereocenters. The van der Waals surface area contributed by atoms with Crippen LogP contribution in [0.5, 0.6) is 17.2 Å². The molecule has 13 heteroatoms. The van der Waals surface area contributed by atoms with Crippen molar-refractivity contribution >= 4 is 21.9 Å². The molecule has 0 spiro atoms. The van der Waals surface area contributed by atoms with Crippen LogP contribution in [0, 0.1) is 0 Å². The highest BCUT2D eigenvalue weighted by Crippen LogP contribution is 2.28. The van der Waals surface area contributed by atoms with Crippen LogP contribution in [0.4, 0.5) is 18.0 Å². The van der Waals surface area contributed by atoms with Gasteiger partial charge in [-0.15, -0.1) is 13.2 Å². The lowest BCUT2D eigenvalue weighted by Gasteiger charge is -2.18. The number of benzene rings is 3. The number of rotatable bonds is 12. The number of alkyl halides is 3. The lowest BCUT2D eigenvalue weighted by atomic mass is 10.2. The van der Waals surface area contributed by atoms with E-state index in [1.54, 1.807) is 24.3 Å². The summed E-state index contributed by atoms with van der Waals surface area (Å²) in [6, 6.07) is 17.9. The zero-order chi connectivity index (χ0) is 29.2. The maximum absolute atomic E-state index is 13.1. The molecule has 0 radical (unpaired) electrons. The van der Waals surface area contributed by atoms with Crippen LogP contribution in [0.25, 0.3) is 0 Å². The van der Waals surface area contributed by atoms with Crippen molar-refractivity contribution in [1.82, 2.24) is 5.32 Å². The first-order valence-electron chi connectivity index (χ1n) is 11.8. The summed E-state index contributed by atoms with van der Waals surface area (Å²) in [7, 11) is -2.74. The van der Waals surface area contributed by atoms with Gasteiger partial charge in [0.1, 0.15) is 23.9 Å². The highest BCUT2D eigenvalue weighted by Gasteiger charge is 2.31. The third-order valence-electron chi connectivity index (χ3n) is 5.36. The minimum Gasteiger partial charge on any atom is -0.469 e. The van der Waals surface area contributed by atoms with E-state index in [9.17, 15) is 31.2 Å². The van der Waals surface area contributed by atoms with E-state index in [1.807, 2.05) is 6.07 Å². The molecular formula is C27H26F3NO8S. The summed E-state index contributed by atoms with van der Waals surface area (Å²) in [6.45, 7) is -0.0251. The average molecular weight is 582 g/mol. The Kier molecular flexibility index (Phi) is 10.4. The second-order valence-electron chi connectivity index (χ2n) is 8.39. The van der Waals surface area contributed by atoms with Gasteiger partial charge in [-0.25, -0.2) is 13.2 Å². The molecule has 3 aromatic carbocycles. The highest BCUT2D eigenvalue weighted by molar-refractivity contribution is 7.91. The highest BCUT2D eigenvalue weighted by atomic mass is 32.2. The number of nitrogens with one attached hydrogen (secondary N) is 1. The van der Waals surface area contributed by atoms with Crippen LogP contribution in [0.15, 0.2) is 83.8 Å². The van der Waals surface area contributed by atoms with Crippen molar-refractivity contribution in [2.75, 3.05) is 12.9 Å². The van der Waals surface area contributed by atoms with Crippen LogP contribution in [-0.2, 0) is 30.7 Å². The standard InChI is InChI=1S/C27H26F3NO8S/c1-36-25(32)16-7-20(31-26(33)37-17-19-5-3-2-4-6-19)18-40(34,35)24-14-12-22(13-15-24)38-21-8-10-23(11-9-21)39-27(28,29)30/h2-6,8-15,20H,7,16-18H2,1H3,(H,31,33)/t20-/m0/s1. The molecule has 0 saturated carbocycles. The molecule has 1 N–H and O–H groups in total. The number of amides is 1. The van der Waals surface area contributed by atoms with Crippen LogP contribution >= 0.6 is 0 Å². The van der Waals surface area contributed by atoms with Crippen molar-refractivity contribution in [2.45, 2.75) is 36.7 Å². The SMILES string of the molecule is COC(=O)CC[C@@H](CS(=O)(=O)c1ccc(Oc2ccc(OC(F)(F)F)cc2)cc1)NC(=O)OCc1ccccc1. The number of hydrogen-bond acceptors (Lipinski definition) is 8. The minimum absolute atomic E-state index is 0.0123. The van der Waals surface area contributed by atoms with Crippen LogP contribution in [0.2, 0.25) is 0 Å². The normalized spacial score (nSPS) is 12.2. The van der Waals surface area contributed by atoms with Gasteiger partial charge in [0, 0.05) is 12.5 Å². The van der Waals surface area contributed by atoms with Gasteiger partial charge in [-0.2, -0.15) is 0 Å². The lowest BCUT2D eigenvalue weighted by Crippen LogP contribution is -2.40. The second kappa shape index (κ2) is 13.7. The maximum Gasteiger partial charge on any atom is 0.573 e. The summed E-state index contributed by atoms with van der Waals surface area (Å²) in [6.07, 6.45) is -5.80. The third kappa shape index (κ3) is 10.1. The lowest BCUT2D eigenvalue weighted by molar-refractivity contribution is -0.274. The molecule has 40 heavy (non-hydrogen) atoms. The van der Waals surface area contributed by atoms with E-state index in [4.69, 9.17) is 9.47 Å².